The number of carbonyl (C=O) groups excluding carboxylic acids is 1. The molecule has 1 saturated carbocycles. The van der Waals surface area contributed by atoms with E-state index in [1.54, 1.807) is 18.2 Å². The van der Waals surface area contributed by atoms with E-state index in [1.807, 2.05) is 6.07 Å². The first-order chi connectivity index (χ1) is 10.1. The summed E-state index contributed by atoms with van der Waals surface area (Å²) in [6.07, 6.45) is 4.09. The van der Waals surface area contributed by atoms with Crippen molar-refractivity contribution in [3.63, 3.8) is 0 Å². The zero-order valence-corrected chi connectivity index (χ0v) is 11.6. The van der Waals surface area contributed by atoms with Crippen molar-refractivity contribution in [1.82, 2.24) is 10.3 Å². The van der Waals surface area contributed by atoms with Crippen LogP contribution >= 0.6 is 0 Å². The fraction of sp³-hybridized carbons (Fsp3) is 0.375. The topological polar surface area (TPSA) is 82.2 Å². The molecule has 1 aliphatic carbocycles. The zero-order chi connectivity index (χ0) is 14.8. The van der Waals surface area contributed by atoms with Gasteiger partial charge in [-0.1, -0.05) is 12.1 Å². The molecule has 1 fully saturated rings. The van der Waals surface area contributed by atoms with Crippen LogP contribution in [-0.4, -0.2) is 28.1 Å². The first-order valence-corrected chi connectivity index (χ1v) is 7.24. The van der Waals surface area contributed by atoms with Gasteiger partial charge in [0.15, 0.2) is 0 Å². The summed E-state index contributed by atoms with van der Waals surface area (Å²) in [4.78, 5) is 27.6. The number of aromatic amines is 1. The normalized spacial score (nSPS) is 22.1. The van der Waals surface area contributed by atoms with Crippen molar-refractivity contribution in [3.05, 3.63) is 46.2 Å². The molecule has 0 unspecified atom stereocenters. The van der Waals surface area contributed by atoms with E-state index in [0.29, 0.717) is 18.2 Å². The molecule has 5 nitrogen and oxygen atoms in total. The fourth-order valence-electron chi connectivity index (χ4n) is 2.82. The molecule has 0 atom stereocenters. The summed E-state index contributed by atoms with van der Waals surface area (Å²) < 4.78 is 0. The molecule has 3 rings (SSSR count). The van der Waals surface area contributed by atoms with Gasteiger partial charge in [0.1, 0.15) is 5.56 Å². The number of hydrogen-bond acceptors (Lipinski definition) is 3. The van der Waals surface area contributed by atoms with Gasteiger partial charge in [0.05, 0.1) is 6.10 Å². The van der Waals surface area contributed by atoms with E-state index in [4.69, 9.17) is 0 Å². The molecule has 0 radical (unpaired) electrons. The minimum Gasteiger partial charge on any atom is -0.393 e. The van der Waals surface area contributed by atoms with Crippen LogP contribution in [-0.2, 0) is 0 Å². The quantitative estimate of drug-likeness (QED) is 0.783. The van der Waals surface area contributed by atoms with Crippen LogP contribution in [0.1, 0.15) is 36.0 Å². The lowest BCUT2D eigenvalue weighted by molar-refractivity contribution is 0.0866. The maximum Gasteiger partial charge on any atom is 0.256 e. The van der Waals surface area contributed by atoms with Gasteiger partial charge < -0.3 is 15.4 Å². The summed E-state index contributed by atoms with van der Waals surface area (Å²) in [5, 5.41) is 12.9. The van der Waals surface area contributed by atoms with Crippen molar-refractivity contribution in [2.45, 2.75) is 37.8 Å². The lowest BCUT2D eigenvalue weighted by Crippen LogP contribution is -2.40. The molecule has 0 aliphatic heterocycles. The molecule has 21 heavy (non-hydrogen) atoms. The average Bonchev–Trinajstić information content (AvgIpc) is 2.50. The van der Waals surface area contributed by atoms with Crippen molar-refractivity contribution in [2.75, 3.05) is 0 Å². The SMILES string of the molecule is O=C(NC1CCC(O)CC1)c1c[nH]c2ccccc2c1=O. The van der Waals surface area contributed by atoms with Crippen molar-refractivity contribution < 1.29 is 9.90 Å². The number of benzene rings is 1. The Morgan fingerprint density at radius 3 is 2.67 bits per heavy atom. The monoisotopic (exact) mass is 286 g/mol. The smallest absolute Gasteiger partial charge is 0.256 e. The molecule has 3 N–H and O–H groups in total. The number of pyridine rings is 1. The maximum absolute atomic E-state index is 12.3. The molecule has 1 amide bonds. The molecule has 1 aromatic carbocycles. The molecule has 1 heterocycles. The summed E-state index contributed by atoms with van der Waals surface area (Å²) in [7, 11) is 0. The third-order valence-electron chi connectivity index (χ3n) is 4.06. The Balaban J connectivity index is 1.82. The molecular formula is C16H18N2O3. The van der Waals surface area contributed by atoms with Gasteiger partial charge in [-0.2, -0.15) is 0 Å². The maximum atomic E-state index is 12.3. The highest BCUT2D eigenvalue weighted by Gasteiger charge is 2.22. The first-order valence-electron chi connectivity index (χ1n) is 7.24. The van der Waals surface area contributed by atoms with Gasteiger partial charge in [0.2, 0.25) is 5.43 Å². The highest BCUT2D eigenvalue weighted by atomic mass is 16.3. The van der Waals surface area contributed by atoms with Crippen LogP contribution < -0.4 is 10.7 Å². The predicted molar refractivity (Wildman–Crippen MR) is 80.3 cm³/mol. The van der Waals surface area contributed by atoms with Gasteiger partial charge >= 0.3 is 0 Å². The van der Waals surface area contributed by atoms with E-state index in [1.165, 1.54) is 6.20 Å². The molecule has 0 spiro atoms. The Hall–Kier alpha value is -2.14. The molecule has 0 saturated heterocycles. The van der Waals surface area contributed by atoms with Gasteiger partial charge in [-0.3, -0.25) is 9.59 Å². The van der Waals surface area contributed by atoms with Crippen LogP contribution in [0, 0.1) is 0 Å². The van der Waals surface area contributed by atoms with Crippen molar-refractivity contribution in [2.24, 2.45) is 0 Å². The van der Waals surface area contributed by atoms with E-state index >= 15 is 0 Å². The van der Waals surface area contributed by atoms with Crippen molar-refractivity contribution >= 4 is 16.8 Å². The lowest BCUT2D eigenvalue weighted by atomic mass is 9.93. The van der Waals surface area contributed by atoms with E-state index in [2.05, 4.69) is 10.3 Å². The molecule has 2 aromatic rings. The molecule has 110 valence electrons. The number of aliphatic hydroxyl groups excluding tert-OH is 1. The Bertz CT molecular complexity index is 715. The summed E-state index contributed by atoms with van der Waals surface area (Å²) in [5.74, 6) is -0.344. The number of hydrogen-bond donors (Lipinski definition) is 3. The second-order valence-electron chi connectivity index (χ2n) is 5.56. The van der Waals surface area contributed by atoms with Gasteiger partial charge in [0, 0.05) is 23.1 Å². The third-order valence-corrected chi connectivity index (χ3v) is 4.06. The number of fused-ring (bicyclic) bond motifs is 1. The van der Waals surface area contributed by atoms with E-state index in [9.17, 15) is 14.7 Å². The Morgan fingerprint density at radius 2 is 1.90 bits per heavy atom. The number of nitrogens with one attached hydrogen (secondary N) is 2. The Kier molecular flexibility index (Phi) is 3.75. The third kappa shape index (κ3) is 2.83. The Labute approximate surface area is 122 Å². The number of H-pyrrole nitrogens is 1. The molecular weight excluding hydrogens is 268 g/mol. The highest BCUT2D eigenvalue weighted by molar-refractivity contribution is 5.97. The van der Waals surface area contributed by atoms with Crippen molar-refractivity contribution in [1.29, 1.82) is 0 Å². The average molecular weight is 286 g/mol. The fourth-order valence-corrected chi connectivity index (χ4v) is 2.82. The van der Waals surface area contributed by atoms with Gasteiger partial charge in [-0.15, -0.1) is 0 Å². The summed E-state index contributed by atoms with van der Waals surface area (Å²) in [6, 6.07) is 7.17. The van der Waals surface area contributed by atoms with Crippen LogP contribution in [0.5, 0.6) is 0 Å². The summed E-state index contributed by atoms with van der Waals surface area (Å²) >= 11 is 0. The van der Waals surface area contributed by atoms with E-state index in [-0.39, 0.29) is 29.0 Å². The molecule has 1 aliphatic rings. The largest absolute Gasteiger partial charge is 0.393 e. The predicted octanol–water partition coefficient (Wildman–Crippen LogP) is 1.56. The zero-order valence-electron chi connectivity index (χ0n) is 11.6. The minimum atomic E-state index is -0.344. The van der Waals surface area contributed by atoms with Gasteiger partial charge in [0.25, 0.3) is 5.91 Å². The molecule has 0 bridgehead atoms. The second kappa shape index (κ2) is 5.69. The molecule has 5 heteroatoms. The van der Waals surface area contributed by atoms with E-state index in [0.717, 1.165) is 18.4 Å². The molecule has 1 aromatic heterocycles. The number of para-hydroxylation sites is 1. The number of aliphatic hydroxyl groups is 1. The van der Waals surface area contributed by atoms with Crippen LogP contribution in [0.4, 0.5) is 0 Å². The summed E-state index contributed by atoms with van der Waals surface area (Å²) in [5.41, 5.74) is 0.609. The van der Waals surface area contributed by atoms with Gasteiger partial charge in [-0.05, 0) is 37.8 Å². The number of carbonyl (C=O) groups is 1. The standard InChI is InChI=1S/C16H18N2O3/c19-11-7-5-10(6-8-11)18-16(21)13-9-17-14-4-2-1-3-12(14)15(13)20/h1-4,9-11,19H,5-8H2,(H,17,20)(H,18,21). The second-order valence-corrected chi connectivity index (χ2v) is 5.56. The minimum absolute atomic E-state index is 0.0340. The Morgan fingerprint density at radius 1 is 1.19 bits per heavy atom. The lowest BCUT2D eigenvalue weighted by Gasteiger charge is -2.26. The van der Waals surface area contributed by atoms with Crippen LogP contribution in [0.25, 0.3) is 10.9 Å². The number of rotatable bonds is 2. The number of amides is 1. The van der Waals surface area contributed by atoms with Crippen LogP contribution in [0.2, 0.25) is 0 Å². The van der Waals surface area contributed by atoms with Gasteiger partial charge in [-0.25, -0.2) is 0 Å². The number of aromatic nitrogens is 1. The van der Waals surface area contributed by atoms with Crippen LogP contribution in [0.15, 0.2) is 35.3 Å². The van der Waals surface area contributed by atoms with Crippen LogP contribution in [0.3, 0.4) is 0 Å². The summed E-state index contributed by atoms with van der Waals surface area (Å²) in [6.45, 7) is 0. The highest BCUT2D eigenvalue weighted by Crippen LogP contribution is 2.18. The van der Waals surface area contributed by atoms with E-state index < -0.39 is 0 Å². The van der Waals surface area contributed by atoms with Crippen molar-refractivity contribution in [3.8, 4) is 0 Å². The first kappa shape index (κ1) is 13.8.